The number of nitrogen functional groups attached to an aromatic ring is 1. The number of nitrogens with zero attached hydrogens (tertiary/aromatic N) is 1. The summed E-state index contributed by atoms with van der Waals surface area (Å²) in [7, 11) is -4.05. The maximum Gasteiger partial charge on any atom is 0.323 e. The van der Waals surface area contributed by atoms with Crippen LogP contribution in [0, 0.1) is 5.41 Å². The van der Waals surface area contributed by atoms with Gasteiger partial charge in [-0.1, -0.05) is 30.4 Å². The molecule has 0 atom stereocenters. The van der Waals surface area contributed by atoms with Gasteiger partial charge in [-0.3, -0.25) is 14.5 Å². The molecule has 38 heavy (non-hydrogen) atoms. The van der Waals surface area contributed by atoms with Crippen molar-refractivity contribution in [3.8, 4) is 5.75 Å². The number of nitrogens with one attached hydrogen (secondary N) is 2. The number of carbonyl (C=O) groups is 1. The van der Waals surface area contributed by atoms with E-state index >= 15 is 0 Å². The molecule has 0 aromatic heterocycles. The molecule has 0 amide bonds. The Labute approximate surface area is 244 Å². The number of esters is 1. The Hall–Kier alpha value is -2.31. The highest BCUT2D eigenvalue weighted by Crippen LogP contribution is 2.32. The number of sulfonamides is 1. The van der Waals surface area contributed by atoms with Gasteiger partial charge in [0.25, 0.3) is 0 Å². The van der Waals surface area contributed by atoms with E-state index in [9.17, 15) is 13.2 Å². The number of rotatable bonds is 11. The number of nitrogens with two attached hydrogens (primary N) is 1. The maximum absolute atomic E-state index is 13.2. The first-order chi connectivity index (χ1) is 17.2. The molecule has 3 rings (SSSR count). The van der Waals surface area contributed by atoms with Gasteiger partial charge in [-0.15, -0.1) is 24.8 Å². The summed E-state index contributed by atoms with van der Waals surface area (Å²) in [4.78, 5) is 12.0. The first-order valence-electron chi connectivity index (χ1n) is 11.6. The molecule has 0 unspecified atom stereocenters. The quantitative estimate of drug-likeness (QED) is 0.189. The van der Waals surface area contributed by atoms with Gasteiger partial charge in [0.1, 0.15) is 17.7 Å². The van der Waals surface area contributed by atoms with Crippen LogP contribution in [-0.4, -0.2) is 58.3 Å². The molecule has 0 spiro atoms. The van der Waals surface area contributed by atoms with Crippen LogP contribution in [0.4, 0.5) is 5.69 Å². The second-order valence-electron chi connectivity index (χ2n) is 8.22. The fourth-order valence-corrected chi connectivity index (χ4v) is 5.48. The number of piperidine rings is 1. The Morgan fingerprint density at radius 3 is 2.55 bits per heavy atom. The Morgan fingerprint density at radius 2 is 1.92 bits per heavy atom. The van der Waals surface area contributed by atoms with E-state index in [1.807, 2.05) is 6.07 Å². The first-order valence-corrected chi connectivity index (χ1v) is 14.0. The number of amidine groups is 1. The molecular formula is C25H33BrCl2N4O5S. The van der Waals surface area contributed by atoms with Crippen LogP contribution in [0.3, 0.4) is 0 Å². The number of carbonyl (C=O) groups excluding carboxylic acids is 1. The molecule has 0 radical (unpaired) electrons. The molecule has 1 saturated heterocycles. The molecule has 2 aromatic rings. The first kappa shape index (κ1) is 33.7. The predicted molar refractivity (Wildman–Crippen MR) is 159 cm³/mol. The normalized spacial score (nSPS) is 13.7. The fraction of sp³-hybridized carbons (Fsp3) is 0.360. The van der Waals surface area contributed by atoms with Crippen LogP contribution < -0.4 is 20.1 Å². The van der Waals surface area contributed by atoms with E-state index in [0.717, 1.165) is 35.8 Å². The monoisotopic (exact) mass is 650 g/mol. The summed E-state index contributed by atoms with van der Waals surface area (Å²) in [5, 5.41) is 10.9. The maximum atomic E-state index is 13.2. The minimum absolute atomic E-state index is 0. The number of hydrogen-bond donors (Lipinski definition) is 3. The molecule has 0 bridgehead atoms. The zero-order valence-electron chi connectivity index (χ0n) is 20.9. The van der Waals surface area contributed by atoms with Crippen LogP contribution in [-0.2, 0) is 19.6 Å². The van der Waals surface area contributed by atoms with Gasteiger partial charge < -0.3 is 20.5 Å². The third kappa shape index (κ3) is 9.77. The lowest BCUT2D eigenvalue weighted by Gasteiger charge is -2.26. The molecule has 13 heteroatoms. The van der Waals surface area contributed by atoms with E-state index in [-0.39, 0.29) is 49.9 Å². The molecule has 0 saturated carbocycles. The van der Waals surface area contributed by atoms with E-state index in [1.165, 1.54) is 0 Å². The van der Waals surface area contributed by atoms with E-state index in [1.54, 1.807) is 55.5 Å². The standard InChI is InChI=1S/C25H31BrN4O5S.2ClH/c1-2-34-24(31)17-36(32,33)30(14-4-6-18-5-3-7-19(15-18)25(27)28)20-8-9-23(22(26)16-20)35-21-10-12-29-13-11-21;;/h3-9,15-16,21,29H,2,10-14,17H2,1H3,(H3,27,28);2*1H/b6-4+;;. The summed E-state index contributed by atoms with van der Waals surface area (Å²) in [5.41, 5.74) is 7.27. The van der Waals surface area contributed by atoms with Crippen molar-refractivity contribution in [1.82, 2.24) is 5.32 Å². The Bertz CT molecular complexity index is 1220. The average molecular weight is 652 g/mol. The van der Waals surface area contributed by atoms with Gasteiger partial charge >= 0.3 is 5.97 Å². The predicted octanol–water partition coefficient (Wildman–Crippen LogP) is 4.12. The summed E-state index contributed by atoms with van der Waals surface area (Å²) in [6.45, 7) is 3.48. The summed E-state index contributed by atoms with van der Waals surface area (Å²) in [6.07, 6.45) is 5.29. The van der Waals surface area contributed by atoms with E-state index < -0.39 is 21.7 Å². The molecule has 2 aromatic carbocycles. The average Bonchev–Trinajstić information content (AvgIpc) is 2.83. The van der Waals surface area contributed by atoms with E-state index in [2.05, 4.69) is 21.2 Å². The smallest absolute Gasteiger partial charge is 0.323 e. The van der Waals surface area contributed by atoms with Crippen LogP contribution in [0.1, 0.15) is 30.9 Å². The molecule has 1 heterocycles. The van der Waals surface area contributed by atoms with Crippen molar-refractivity contribution in [3.63, 3.8) is 0 Å². The summed E-state index contributed by atoms with van der Waals surface area (Å²) < 4.78 is 39.2. The van der Waals surface area contributed by atoms with Crippen molar-refractivity contribution in [1.29, 1.82) is 5.41 Å². The van der Waals surface area contributed by atoms with Crippen molar-refractivity contribution < 1.29 is 22.7 Å². The van der Waals surface area contributed by atoms with Crippen LogP contribution in [0.2, 0.25) is 0 Å². The zero-order chi connectivity index (χ0) is 26.1. The molecule has 1 aliphatic heterocycles. The largest absolute Gasteiger partial charge is 0.489 e. The molecular weight excluding hydrogens is 619 g/mol. The van der Waals surface area contributed by atoms with Gasteiger partial charge in [0.05, 0.1) is 23.3 Å². The molecule has 1 fully saturated rings. The summed E-state index contributed by atoms with van der Waals surface area (Å²) in [6, 6.07) is 12.1. The van der Waals surface area contributed by atoms with E-state index in [0.29, 0.717) is 21.5 Å². The van der Waals surface area contributed by atoms with Crippen LogP contribution in [0.15, 0.2) is 53.0 Å². The number of ether oxygens (including phenoxy) is 2. The number of benzene rings is 2. The van der Waals surface area contributed by atoms with Crippen molar-refractivity contribution in [2.24, 2.45) is 5.73 Å². The minimum Gasteiger partial charge on any atom is -0.489 e. The van der Waals surface area contributed by atoms with Gasteiger partial charge in [0.15, 0.2) is 5.75 Å². The van der Waals surface area contributed by atoms with Crippen LogP contribution in [0.5, 0.6) is 5.75 Å². The van der Waals surface area contributed by atoms with E-state index in [4.69, 9.17) is 20.6 Å². The van der Waals surface area contributed by atoms with Gasteiger partial charge in [-0.05, 0) is 78.6 Å². The number of halogens is 3. The highest BCUT2D eigenvalue weighted by atomic mass is 79.9. The summed E-state index contributed by atoms with van der Waals surface area (Å²) in [5.74, 6) is -1.02. The van der Waals surface area contributed by atoms with Crippen LogP contribution >= 0.6 is 40.7 Å². The highest BCUT2D eigenvalue weighted by Gasteiger charge is 2.27. The van der Waals surface area contributed by atoms with Crippen molar-refractivity contribution >= 4 is 74.3 Å². The molecule has 1 aliphatic rings. The number of hydrogen-bond acceptors (Lipinski definition) is 7. The van der Waals surface area contributed by atoms with Gasteiger partial charge in [0, 0.05) is 5.56 Å². The third-order valence-electron chi connectivity index (χ3n) is 5.50. The van der Waals surface area contributed by atoms with Crippen molar-refractivity contribution in [3.05, 3.63) is 64.1 Å². The Morgan fingerprint density at radius 1 is 1.21 bits per heavy atom. The van der Waals surface area contributed by atoms with Gasteiger partial charge in [-0.25, -0.2) is 8.42 Å². The lowest BCUT2D eigenvalue weighted by atomic mass is 10.1. The van der Waals surface area contributed by atoms with Gasteiger partial charge in [0.2, 0.25) is 10.0 Å². The molecule has 0 aliphatic carbocycles. The minimum atomic E-state index is -4.05. The number of anilines is 1. The third-order valence-corrected chi connectivity index (χ3v) is 7.76. The topological polar surface area (TPSA) is 135 Å². The van der Waals surface area contributed by atoms with Crippen molar-refractivity contribution in [2.75, 3.05) is 36.3 Å². The molecule has 9 nitrogen and oxygen atoms in total. The second kappa shape index (κ2) is 15.9. The highest BCUT2D eigenvalue weighted by molar-refractivity contribution is 9.10. The van der Waals surface area contributed by atoms with Gasteiger partial charge in [-0.2, -0.15) is 0 Å². The Balaban J connectivity index is 0.00000361. The lowest BCUT2D eigenvalue weighted by molar-refractivity contribution is -0.139. The lowest BCUT2D eigenvalue weighted by Crippen LogP contribution is -2.36. The zero-order valence-corrected chi connectivity index (χ0v) is 24.9. The second-order valence-corrected chi connectivity index (χ2v) is 11.0. The molecule has 4 N–H and O–H groups in total. The van der Waals surface area contributed by atoms with Crippen LogP contribution in [0.25, 0.3) is 6.08 Å². The fourth-order valence-electron chi connectivity index (χ4n) is 3.74. The van der Waals surface area contributed by atoms with Crippen molar-refractivity contribution in [2.45, 2.75) is 25.9 Å². The SMILES string of the molecule is CCOC(=O)CS(=O)(=O)N(C/C=C/c1cccc(C(=N)N)c1)c1ccc(OC2CCNCC2)c(Br)c1.Cl.Cl. The Kier molecular flexibility index (Phi) is 14.1. The summed E-state index contributed by atoms with van der Waals surface area (Å²) >= 11 is 3.51. The molecule has 210 valence electrons.